The number of ether oxygens (including phenoxy) is 1. The molecule has 24 heavy (non-hydrogen) atoms. The van der Waals surface area contributed by atoms with Gasteiger partial charge < -0.3 is 15.2 Å². The molecule has 2 N–H and O–H groups in total. The lowest BCUT2D eigenvalue weighted by Gasteiger charge is -2.26. The number of carbonyl (C=O) groups excluding carboxylic acids is 1. The second kappa shape index (κ2) is 6.53. The molecule has 6 heteroatoms. The maximum absolute atomic E-state index is 12.3. The van der Waals surface area contributed by atoms with Crippen LogP contribution in [0.15, 0.2) is 24.3 Å². The number of nitrogens with zero attached hydrogens (tertiary/aromatic N) is 1. The van der Waals surface area contributed by atoms with E-state index in [1.54, 1.807) is 0 Å². The first-order chi connectivity index (χ1) is 11.4. The average molecular weight is 332 g/mol. The van der Waals surface area contributed by atoms with Crippen LogP contribution in [0.4, 0.5) is 5.69 Å². The SMILES string of the molecule is CC1(C)[C@H](C(=O)O)[C@@H]1C(=O)Nc1ccc(CN2CCOCC2)cc1. The first-order valence-corrected chi connectivity index (χ1v) is 8.32. The summed E-state index contributed by atoms with van der Waals surface area (Å²) in [5.74, 6) is -2.18. The Morgan fingerprint density at radius 2 is 1.83 bits per heavy atom. The van der Waals surface area contributed by atoms with Crippen LogP contribution in [0.25, 0.3) is 0 Å². The highest BCUT2D eigenvalue weighted by Gasteiger charge is 2.65. The Morgan fingerprint density at radius 3 is 2.38 bits per heavy atom. The molecule has 2 aliphatic rings. The molecule has 1 amide bonds. The number of carboxylic acid groups (broad SMARTS) is 1. The third kappa shape index (κ3) is 3.44. The molecule has 0 aromatic heterocycles. The Kier molecular flexibility index (Phi) is 4.60. The highest BCUT2D eigenvalue weighted by atomic mass is 16.5. The van der Waals surface area contributed by atoms with Gasteiger partial charge in [0, 0.05) is 25.3 Å². The summed E-state index contributed by atoms with van der Waals surface area (Å²) in [7, 11) is 0. The van der Waals surface area contributed by atoms with Gasteiger partial charge in [-0.15, -0.1) is 0 Å². The molecule has 1 saturated carbocycles. The number of carboxylic acids is 1. The van der Waals surface area contributed by atoms with Gasteiger partial charge >= 0.3 is 5.97 Å². The average Bonchev–Trinajstić information content (AvgIpc) is 3.13. The Morgan fingerprint density at radius 1 is 1.21 bits per heavy atom. The highest BCUT2D eigenvalue weighted by Crippen LogP contribution is 2.58. The molecule has 1 aliphatic heterocycles. The summed E-state index contributed by atoms with van der Waals surface area (Å²) in [5, 5.41) is 12.0. The number of rotatable bonds is 5. The molecule has 1 saturated heterocycles. The van der Waals surface area contributed by atoms with Crippen molar-refractivity contribution in [2.75, 3.05) is 31.6 Å². The molecule has 0 bridgehead atoms. The summed E-state index contributed by atoms with van der Waals surface area (Å²) >= 11 is 0. The van der Waals surface area contributed by atoms with Gasteiger partial charge in [0.05, 0.1) is 25.0 Å². The zero-order valence-corrected chi connectivity index (χ0v) is 14.1. The standard InChI is InChI=1S/C18H24N2O4/c1-18(2)14(15(18)17(22)23)16(21)19-13-5-3-12(4-6-13)11-20-7-9-24-10-8-20/h3-6,14-15H,7-11H2,1-2H3,(H,19,21)(H,22,23)/t14-,15+/m1/s1. The lowest BCUT2D eigenvalue weighted by molar-refractivity contribution is -0.140. The maximum atomic E-state index is 12.3. The van der Waals surface area contributed by atoms with Crippen LogP contribution in [0.3, 0.4) is 0 Å². The molecule has 6 nitrogen and oxygen atoms in total. The zero-order chi connectivity index (χ0) is 17.3. The quantitative estimate of drug-likeness (QED) is 0.860. The molecule has 1 aromatic carbocycles. The molecule has 130 valence electrons. The van der Waals surface area contributed by atoms with Gasteiger partial charge in [-0.25, -0.2) is 0 Å². The molecule has 1 heterocycles. The number of nitrogens with one attached hydrogen (secondary N) is 1. The van der Waals surface area contributed by atoms with E-state index in [0.29, 0.717) is 5.69 Å². The molecule has 0 unspecified atom stereocenters. The Hall–Kier alpha value is -1.92. The van der Waals surface area contributed by atoms with Crippen molar-refractivity contribution in [1.29, 1.82) is 0 Å². The topological polar surface area (TPSA) is 78.9 Å². The summed E-state index contributed by atoms with van der Waals surface area (Å²) in [5.41, 5.74) is 1.41. The lowest BCUT2D eigenvalue weighted by atomic mass is 10.1. The summed E-state index contributed by atoms with van der Waals surface area (Å²) in [6, 6.07) is 7.74. The third-order valence-electron chi connectivity index (χ3n) is 5.11. The summed E-state index contributed by atoms with van der Waals surface area (Å²) in [6.07, 6.45) is 0. The number of morpholine rings is 1. The van der Waals surface area contributed by atoms with E-state index in [1.807, 2.05) is 38.1 Å². The van der Waals surface area contributed by atoms with E-state index in [9.17, 15) is 14.7 Å². The van der Waals surface area contributed by atoms with Gasteiger partial charge in [0.25, 0.3) is 0 Å². The number of aliphatic carboxylic acids is 1. The van der Waals surface area contributed by atoms with E-state index in [1.165, 1.54) is 5.56 Å². The van der Waals surface area contributed by atoms with Gasteiger partial charge in [-0.3, -0.25) is 14.5 Å². The predicted octanol–water partition coefficient (Wildman–Crippen LogP) is 1.81. The van der Waals surface area contributed by atoms with E-state index in [-0.39, 0.29) is 5.91 Å². The van der Waals surface area contributed by atoms with E-state index >= 15 is 0 Å². The van der Waals surface area contributed by atoms with Crippen molar-refractivity contribution in [3.05, 3.63) is 29.8 Å². The van der Waals surface area contributed by atoms with Crippen molar-refractivity contribution in [2.24, 2.45) is 17.3 Å². The first kappa shape index (κ1) is 16.9. The molecular formula is C18H24N2O4. The predicted molar refractivity (Wildman–Crippen MR) is 89.6 cm³/mol. The Bertz CT molecular complexity index is 620. The number of benzene rings is 1. The minimum absolute atomic E-state index is 0.215. The second-order valence-electron chi connectivity index (χ2n) is 7.19. The molecule has 1 aromatic rings. The van der Waals surface area contributed by atoms with Gasteiger partial charge in [0.15, 0.2) is 0 Å². The molecule has 2 fully saturated rings. The van der Waals surface area contributed by atoms with Gasteiger partial charge in [0.2, 0.25) is 5.91 Å². The van der Waals surface area contributed by atoms with E-state index in [2.05, 4.69) is 10.2 Å². The van der Waals surface area contributed by atoms with Gasteiger partial charge in [-0.2, -0.15) is 0 Å². The fraction of sp³-hybridized carbons (Fsp3) is 0.556. The molecule has 0 radical (unpaired) electrons. The molecule has 0 spiro atoms. The van der Waals surface area contributed by atoms with Crippen LogP contribution >= 0.6 is 0 Å². The third-order valence-corrected chi connectivity index (χ3v) is 5.11. The van der Waals surface area contributed by atoms with Gasteiger partial charge in [-0.1, -0.05) is 26.0 Å². The van der Waals surface area contributed by atoms with Crippen LogP contribution in [-0.4, -0.2) is 48.2 Å². The largest absolute Gasteiger partial charge is 0.481 e. The second-order valence-corrected chi connectivity index (χ2v) is 7.19. The first-order valence-electron chi connectivity index (χ1n) is 8.32. The number of carbonyl (C=O) groups is 2. The van der Waals surface area contributed by atoms with Crippen LogP contribution in [-0.2, 0) is 20.9 Å². The minimum atomic E-state index is -0.902. The fourth-order valence-electron chi connectivity index (χ4n) is 3.52. The normalized spacial score (nSPS) is 25.9. The number of anilines is 1. The van der Waals surface area contributed by atoms with Crippen molar-refractivity contribution in [2.45, 2.75) is 20.4 Å². The zero-order valence-electron chi connectivity index (χ0n) is 14.1. The molecule has 2 atom stereocenters. The minimum Gasteiger partial charge on any atom is -0.481 e. The van der Waals surface area contributed by atoms with Crippen molar-refractivity contribution >= 4 is 17.6 Å². The van der Waals surface area contributed by atoms with E-state index in [4.69, 9.17) is 4.74 Å². The monoisotopic (exact) mass is 332 g/mol. The lowest BCUT2D eigenvalue weighted by Crippen LogP contribution is -2.35. The summed E-state index contributed by atoms with van der Waals surface area (Å²) in [4.78, 5) is 25.8. The summed E-state index contributed by atoms with van der Waals surface area (Å²) < 4.78 is 5.34. The van der Waals surface area contributed by atoms with Gasteiger partial charge in [0.1, 0.15) is 0 Å². The molecule has 3 rings (SSSR count). The van der Waals surface area contributed by atoms with E-state index < -0.39 is 23.2 Å². The van der Waals surface area contributed by atoms with Crippen LogP contribution in [0.2, 0.25) is 0 Å². The van der Waals surface area contributed by atoms with Crippen molar-refractivity contribution in [1.82, 2.24) is 4.90 Å². The van der Waals surface area contributed by atoms with Crippen molar-refractivity contribution < 1.29 is 19.4 Å². The summed E-state index contributed by atoms with van der Waals surface area (Å²) in [6.45, 7) is 7.93. The van der Waals surface area contributed by atoms with Crippen LogP contribution in [0.1, 0.15) is 19.4 Å². The van der Waals surface area contributed by atoms with Crippen LogP contribution < -0.4 is 5.32 Å². The molecular weight excluding hydrogens is 308 g/mol. The van der Waals surface area contributed by atoms with E-state index in [0.717, 1.165) is 32.8 Å². The molecule has 1 aliphatic carbocycles. The number of hydrogen-bond donors (Lipinski definition) is 2. The van der Waals surface area contributed by atoms with Crippen molar-refractivity contribution in [3.8, 4) is 0 Å². The fourth-order valence-corrected chi connectivity index (χ4v) is 3.52. The highest BCUT2D eigenvalue weighted by molar-refractivity contribution is 5.99. The van der Waals surface area contributed by atoms with Crippen LogP contribution in [0, 0.1) is 17.3 Å². The number of amides is 1. The van der Waals surface area contributed by atoms with Crippen LogP contribution in [0.5, 0.6) is 0 Å². The Balaban J connectivity index is 1.56. The maximum Gasteiger partial charge on any atom is 0.307 e. The number of hydrogen-bond acceptors (Lipinski definition) is 4. The Labute approximate surface area is 141 Å². The smallest absolute Gasteiger partial charge is 0.307 e. The van der Waals surface area contributed by atoms with Crippen molar-refractivity contribution in [3.63, 3.8) is 0 Å². The van der Waals surface area contributed by atoms with Gasteiger partial charge in [-0.05, 0) is 23.1 Å².